The number of aryl methyl sites for hydroxylation is 1. The lowest BCUT2D eigenvalue weighted by Gasteiger charge is -2.09. The number of ether oxygens (including phenoxy) is 1. The Balaban J connectivity index is 1.36. The van der Waals surface area contributed by atoms with Crippen LogP contribution in [0.25, 0.3) is 0 Å². The summed E-state index contributed by atoms with van der Waals surface area (Å²) < 4.78 is 5.80. The molecule has 0 aliphatic carbocycles. The summed E-state index contributed by atoms with van der Waals surface area (Å²) in [4.78, 5) is 21.5. The fourth-order valence-electron chi connectivity index (χ4n) is 2.89. The first kappa shape index (κ1) is 21.1. The number of anilines is 1. The van der Waals surface area contributed by atoms with Crippen LogP contribution in [-0.2, 0) is 12.4 Å². The van der Waals surface area contributed by atoms with Gasteiger partial charge >= 0.3 is 0 Å². The maximum atomic E-state index is 12.7. The van der Waals surface area contributed by atoms with Crippen LogP contribution in [0.1, 0.15) is 26.6 Å². The van der Waals surface area contributed by atoms with E-state index < -0.39 is 0 Å². The molecule has 0 spiro atoms. The van der Waals surface area contributed by atoms with E-state index in [1.165, 1.54) is 0 Å². The summed E-state index contributed by atoms with van der Waals surface area (Å²) >= 11 is 3.25. The molecule has 4 rings (SSSR count). The summed E-state index contributed by atoms with van der Waals surface area (Å²) in [6.07, 6.45) is 1.79. The zero-order valence-corrected chi connectivity index (χ0v) is 18.6. The van der Waals surface area contributed by atoms with Gasteiger partial charge in [0.15, 0.2) is 0 Å². The zero-order chi connectivity index (χ0) is 21.5. The zero-order valence-electron chi connectivity index (χ0n) is 16.9. The number of rotatable bonds is 8. The number of amides is 1. The van der Waals surface area contributed by atoms with E-state index in [-0.39, 0.29) is 5.91 Å². The Morgan fingerprint density at radius 1 is 1.10 bits per heavy atom. The lowest BCUT2D eigenvalue weighted by molar-refractivity contribution is 0.102. The van der Waals surface area contributed by atoms with Crippen molar-refractivity contribution in [1.82, 2.24) is 9.97 Å². The first-order valence-electron chi connectivity index (χ1n) is 9.74. The first-order valence-corrected chi connectivity index (χ1v) is 11.6. The highest BCUT2D eigenvalue weighted by Gasteiger charge is 2.09. The van der Waals surface area contributed by atoms with Crippen molar-refractivity contribution < 1.29 is 9.53 Å². The van der Waals surface area contributed by atoms with Crippen molar-refractivity contribution in [3.05, 3.63) is 100 Å². The average molecular weight is 448 g/mol. The van der Waals surface area contributed by atoms with E-state index in [0.717, 1.165) is 32.7 Å². The van der Waals surface area contributed by atoms with Crippen LogP contribution in [0.5, 0.6) is 5.75 Å². The third kappa shape index (κ3) is 6.16. The second-order valence-corrected chi connectivity index (χ2v) is 8.84. The molecule has 4 aromatic rings. The van der Waals surface area contributed by atoms with Crippen LogP contribution in [0.3, 0.4) is 0 Å². The van der Waals surface area contributed by atoms with Crippen LogP contribution in [-0.4, -0.2) is 15.9 Å². The largest absolute Gasteiger partial charge is 0.487 e. The number of pyridine rings is 1. The summed E-state index contributed by atoms with van der Waals surface area (Å²) in [6, 6.07) is 20.9. The number of nitrogens with zero attached hydrogens (tertiary/aromatic N) is 2. The topological polar surface area (TPSA) is 64.1 Å². The third-order valence-corrected chi connectivity index (χ3v) is 6.20. The highest BCUT2D eigenvalue weighted by molar-refractivity contribution is 7.98. The SMILES string of the molecule is Cc1nc(COc2cccc(C(=O)Nc3cccc(CSc4ccccn4)c3)c2)cs1. The van der Waals surface area contributed by atoms with Gasteiger partial charge in [-0.3, -0.25) is 4.79 Å². The maximum Gasteiger partial charge on any atom is 0.255 e. The summed E-state index contributed by atoms with van der Waals surface area (Å²) in [6.45, 7) is 2.34. The fourth-order valence-corrected chi connectivity index (χ4v) is 4.29. The van der Waals surface area contributed by atoms with Crippen LogP contribution >= 0.6 is 23.1 Å². The maximum absolute atomic E-state index is 12.7. The van der Waals surface area contributed by atoms with Crippen molar-refractivity contribution in [1.29, 1.82) is 0 Å². The second kappa shape index (κ2) is 10.2. The molecule has 0 unspecified atom stereocenters. The molecule has 0 saturated heterocycles. The standard InChI is InChI=1S/C24H21N3O2S2/c1-17-26-21(16-30-17)14-29-22-9-5-7-19(13-22)24(28)27-20-8-4-6-18(12-20)15-31-23-10-2-3-11-25-23/h2-13,16H,14-15H2,1H3,(H,27,28). The van der Waals surface area contributed by atoms with Crippen molar-refractivity contribution in [3.8, 4) is 5.75 Å². The minimum atomic E-state index is -0.176. The normalized spacial score (nSPS) is 10.6. The number of carbonyl (C=O) groups is 1. The average Bonchev–Trinajstić information content (AvgIpc) is 3.22. The van der Waals surface area contributed by atoms with Gasteiger partial charge in [-0.25, -0.2) is 9.97 Å². The van der Waals surface area contributed by atoms with Gasteiger partial charge in [0.1, 0.15) is 12.4 Å². The minimum Gasteiger partial charge on any atom is -0.487 e. The molecule has 0 atom stereocenters. The third-order valence-electron chi connectivity index (χ3n) is 4.36. The highest BCUT2D eigenvalue weighted by Crippen LogP contribution is 2.23. The molecule has 1 amide bonds. The lowest BCUT2D eigenvalue weighted by Crippen LogP contribution is -2.12. The van der Waals surface area contributed by atoms with Crippen LogP contribution in [0.4, 0.5) is 5.69 Å². The summed E-state index contributed by atoms with van der Waals surface area (Å²) in [5.41, 5.74) is 3.30. The molecule has 31 heavy (non-hydrogen) atoms. The molecule has 7 heteroatoms. The molecule has 1 N–H and O–H groups in total. The van der Waals surface area contributed by atoms with Gasteiger partial charge < -0.3 is 10.1 Å². The lowest BCUT2D eigenvalue weighted by atomic mass is 10.2. The summed E-state index contributed by atoms with van der Waals surface area (Å²) in [5, 5.41) is 6.93. The van der Waals surface area contributed by atoms with Crippen molar-refractivity contribution in [3.63, 3.8) is 0 Å². The van der Waals surface area contributed by atoms with Gasteiger partial charge in [0.2, 0.25) is 0 Å². The number of benzene rings is 2. The van der Waals surface area contributed by atoms with E-state index in [9.17, 15) is 4.79 Å². The number of carbonyl (C=O) groups excluding carboxylic acids is 1. The number of hydrogen-bond donors (Lipinski definition) is 1. The molecule has 0 aliphatic rings. The number of thioether (sulfide) groups is 1. The molecular formula is C24H21N3O2S2. The number of hydrogen-bond acceptors (Lipinski definition) is 6. The number of aromatic nitrogens is 2. The minimum absolute atomic E-state index is 0.176. The fraction of sp³-hybridized carbons (Fsp3) is 0.125. The van der Waals surface area contributed by atoms with Crippen LogP contribution in [0, 0.1) is 6.92 Å². The molecule has 0 fully saturated rings. The van der Waals surface area contributed by atoms with Crippen molar-refractivity contribution in [2.75, 3.05) is 5.32 Å². The smallest absolute Gasteiger partial charge is 0.255 e. The van der Waals surface area contributed by atoms with Gasteiger partial charge in [-0.1, -0.05) is 24.3 Å². The Bertz CT molecular complexity index is 1160. The molecule has 0 aliphatic heterocycles. The Morgan fingerprint density at radius 2 is 2.00 bits per heavy atom. The molecular weight excluding hydrogens is 426 g/mol. The molecule has 0 bridgehead atoms. The van der Waals surface area contributed by atoms with Gasteiger partial charge in [0.05, 0.1) is 15.7 Å². The molecule has 2 heterocycles. The monoisotopic (exact) mass is 447 g/mol. The molecule has 0 radical (unpaired) electrons. The first-order chi connectivity index (χ1) is 15.2. The van der Waals surface area contributed by atoms with E-state index in [1.807, 2.05) is 66.9 Å². The predicted octanol–water partition coefficient (Wildman–Crippen LogP) is 5.97. The quantitative estimate of drug-likeness (QED) is 0.337. The van der Waals surface area contributed by atoms with Crippen LogP contribution in [0.15, 0.2) is 83.3 Å². The molecule has 0 saturated carbocycles. The van der Waals surface area contributed by atoms with Crippen LogP contribution < -0.4 is 10.1 Å². The molecule has 2 aromatic heterocycles. The van der Waals surface area contributed by atoms with E-state index in [0.29, 0.717) is 17.9 Å². The summed E-state index contributed by atoms with van der Waals surface area (Å²) in [7, 11) is 0. The van der Waals surface area contributed by atoms with Gasteiger partial charge in [0.25, 0.3) is 5.91 Å². The molecule has 2 aromatic carbocycles. The van der Waals surface area contributed by atoms with E-state index >= 15 is 0 Å². The van der Waals surface area contributed by atoms with E-state index in [1.54, 1.807) is 41.4 Å². The predicted molar refractivity (Wildman–Crippen MR) is 126 cm³/mol. The van der Waals surface area contributed by atoms with Crippen molar-refractivity contribution in [2.24, 2.45) is 0 Å². The van der Waals surface area contributed by atoms with Crippen molar-refractivity contribution >= 4 is 34.7 Å². The molecule has 5 nitrogen and oxygen atoms in total. The van der Waals surface area contributed by atoms with E-state index in [4.69, 9.17) is 4.74 Å². The molecule has 156 valence electrons. The van der Waals surface area contributed by atoms with E-state index in [2.05, 4.69) is 15.3 Å². The number of thiazole rings is 1. The van der Waals surface area contributed by atoms with Gasteiger partial charge in [-0.2, -0.15) is 0 Å². The highest BCUT2D eigenvalue weighted by atomic mass is 32.2. The van der Waals surface area contributed by atoms with Gasteiger partial charge in [-0.15, -0.1) is 23.1 Å². The Morgan fingerprint density at radius 3 is 2.81 bits per heavy atom. The van der Waals surface area contributed by atoms with Gasteiger partial charge in [-0.05, 0) is 55.0 Å². The van der Waals surface area contributed by atoms with Gasteiger partial charge in [0, 0.05) is 28.6 Å². The number of nitrogens with one attached hydrogen (secondary N) is 1. The van der Waals surface area contributed by atoms with Crippen molar-refractivity contribution in [2.45, 2.75) is 24.3 Å². The Labute approximate surface area is 189 Å². The summed E-state index contributed by atoms with van der Waals surface area (Å²) in [5.74, 6) is 1.24. The Hall–Kier alpha value is -3.16. The Kier molecular flexibility index (Phi) is 6.96. The van der Waals surface area contributed by atoms with Crippen LogP contribution in [0.2, 0.25) is 0 Å². The second-order valence-electron chi connectivity index (χ2n) is 6.79.